The Morgan fingerprint density at radius 2 is 1.73 bits per heavy atom. The van der Waals surface area contributed by atoms with Crippen molar-refractivity contribution in [2.24, 2.45) is 0 Å². The van der Waals surface area contributed by atoms with Gasteiger partial charge >= 0.3 is 0 Å². The van der Waals surface area contributed by atoms with E-state index in [4.69, 9.17) is 4.74 Å². The molecule has 4 aromatic rings. The highest BCUT2D eigenvalue weighted by molar-refractivity contribution is 6.04. The van der Waals surface area contributed by atoms with Gasteiger partial charge in [0.25, 0.3) is 5.91 Å². The van der Waals surface area contributed by atoms with Crippen LogP contribution in [0.25, 0.3) is 10.9 Å². The number of hydrogen-bond donors (Lipinski definition) is 2. The summed E-state index contributed by atoms with van der Waals surface area (Å²) in [7, 11) is 0. The highest BCUT2D eigenvalue weighted by Crippen LogP contribution is 2.25. The smallest absolute Gasteiger partial charge is 0.255 e. The second-order valence-corrected chi connectivity index (χ2v) is 5.82. The van der Waals surface area contributed by atoms with Gasteiger partial charge in [0, 0.05) is 28.4 Å². The van der Waals surface area contributed by atoms with Crippen LogP contribution in [0.4, 0.5) is 10.1 Å². The van der Waals surface area contributed by atoms with Crippen molar-refractivity contribution in [3.05, 3.63) is 90.4 Å². The number of ether oxygens (including phenoxy) is 1. The summed E-state index contributed by atoms with van der Waals surface area (Å²) >= 11 is 0. The number of hydrogen-bond acceptors (Lipinski definition) is 2. The predicted molar refractivity (Wildman–Crippen MR) is 99.2 cm³/mol. The Morgan fingerprint density at radius 1 is 0.923 bits per heavy atom. The molecule has 1 amide bonds. The zero-order chi connectivity index (χ0) is 17.9. The van der Waals surface area contributed by atoms with Crippen LogP contribution in [0.2, 0.25) is 0 Å². The Bertz CT molecular complexity index is 1070. The molecule has 0 aliphatic carbocycles. The zero-order valence-electron chi connectivity index (χ0n) is 13.7. The first kappa shape index (κ1) is 15.9. The van der Waals surface area contributed by atoms with Gasteiger partial charge in [0.1, 0.15) is 17.3 Å². The van der Waals surface area contributed by atoms with Crippen LogP contribution in [0, 0.1) is 5.82 Å². The van der Waals surface area contributed by atoms with Gasteiger partial charge in [-0.1, -0.05) is 6.07 Å². The number of benzene rings is 3. The van der Waals surface area contributed by atoms with E-state index in [0.717, 1.165) is 10.9 Å². The van der Waals surface area contributed by atoms with Crippen molar-refractivity contribution in [3.8, 4) is 11.5 Å². The van der Waals surface area contributed by atoms with E-state index in [9.17, 15) is 9.18 Å². The van der Waals surface area contributed by atoms with Crippen molar-refractivity contribution >= 4 is 22.5 Å². The largest absolute Gasteiger partial charge is 0.457 e. The van der Waals surface area contributed by atoms with Gasteiger partial charge in [0.15, 0.2) is 0 Å². The number of aromatic amines is 1. The second kappa shape index (κ2) is 6.72. The Labute approximate surface area is 149 Å². The van der Waals surface area contributed by atoms with Crippen molar-refractivity contribution in [1.82, 2.24) is 4.98 Å². The Hall–Kier alpha value is -3.60. The van der Waals surface area contributed by atoms with E-state index in [-0.39, 0.29) is 5.91 Å². The minimum Gasteiger partial charge on any atom is -0.457 e. The fraction of sp³-hybridized carbons (Fsp3) is 0. The topological polar surface area (TPSA) is 54.1 Å². The van der Waals surface area contributed by atoms with Crippen LogP contribution < -0.4 is 10.1 Å². The van der Waals surface area contributed by atoms with E-state index in [1.165, 1.54) is 12.1 Å². The lowest BCUT2D eigenvalue weighted by molar-refractivity contribution is 0.102. The predicted octanol–water partition coefficient (Wildman–Crippen LogP) is 5.35. The number of H-pyrrole nitrogens is 1. The number of fused-ring (bicyclic) bond motifs is 1. The lowest BCUT2D eigenvalue weighted by atomic mass is 10.2. The molecule has 3 aromatic carbocycles. The van der Waals surface area contributed by atoms with Gasteiger partial charge in [-0.2, -0.15) is 0 Å². The minimum atomic E-state index is -0.397. The van der Waals surface area contributed by atoms with Crippen molar-refractivity contribution in [2.45, 2.75) is 0 Å². The molecule has 4 rings (SSSR count). The van der Waals surface area contributed by atoms with Crippen LogP contribution in [-0.4, -0.2) is 10.9 Å². The Balaban J connectivity index is 1.46. The fourth-order valence-corrected chi connectivity index (χ4v) is 2.67. The second-order valence-electron chi connectivity index (χ2n) is 5.82. The monoisotopic (exact) mass is 346 g/mol. The third-order valence-electron chi connectivity index (χ3n) is 3.96. The molecule has 2 N–H and O–H groups in total. The summed E-state index contributed by atoms with van der Waals surface area (Å²) in [5.41, 5.74) is 1.92. The van der Waals surface area contributed by atoms with Crippen LogP contribution in [0.1, 0.15) is 10.4 Å². The van der Waals surface area contributed by atoms with Crippen LogP contribution in [-0.2, 0) is 0 Å². The molecule has 4 nitrogen and oxygen atoms in total. The van der Waals surface area contributed by atoms with Crippen LogP contribution in [0.3, 0.4) is 0 Å². The van der Waals surface area contributed by atoms with E-state index in [0.29, 0.717) is 22.7 Å². The summed E-state index contributed by atoms with van der Waals surface area (Å²) in [5.74, 6) is 0.637. The van der Waals surface area contributed by atoms with Crippen molar-refractivity contribution in [1.29, 1.82) is 0 Å². The normalized spacial score (nSPS) is 10.7. The molecule has 0 saturated heterocycles. The van der Waals surface area contributed by atoms with E-state index < -0.39 is 5.82 Å². The minimum absolute atomic E-state index is 0.309. The molecule has 0 aliphatic heterocycles. The molecule has 0 unspecified atom stereocenters. The number of carbonyl (C=O) groups is 1. The van der Waals surface area contributed by atoms with Gasteiger partial charge in [-0.15, -0.1) is 0 Å². The number of anilines is 1. The highest BCUT2D eigenvalue weighted by atomic mass is 19.1. The molecule has 128 valence electrons. The molecule has 5 heteroatoms. The maximum Gasteiger partial charge on any atom is 0.255 e. The molecule has 1 heterocycles. The average Bonchev–Trinajstić information content (AvgIpc) is 3.10. The number of amides is 1. The molecule has 1 aromatic heterocycles. The van der Waals surface area contributed by atoms with Gasteiger partial charge in [-0.05, 0) is 66.7 Å². The number of halogens is 1. The number of nitrogens with one attached hydrogen (secondary N) is 2. The highest BCUT2D eigenvalue weighted by Gasteiger charge is 2.07. The van der Waals surface area contributed by atoms with Gasteiger partial charge in [-0.3, -0.25) is 4.79 Å². The summed E-state index contributed by atoms with van der Waals surface area (Å²) in [5, 5.41) is 3.73. The number of aromatic nitrogens is 1. The average molecular weight is 346 g/mol. The zero-order valence-corrected chi connectivity index (χ0v) is 13.7. The quantitative estimate of drug-likeness (QED) is 0.523. The molecule has 0 fully saturated rings. The van der Waals surface area contributed by atoms with Crippen molar-refractivity contribution < 1.29 is 13.9 Å². The maximum absolute atomic E-state index is 13.2. The van der Waals surface area contributed by atoms with Crippen LogP contribution >= 0.6 is 0 Å². The Kier molecular flexibility index (Phi) is 4.11. The summed E-state index contributed by atoms with van der Waals surface area (Å²) < 4.78 is 19.0. The molecular weight excluding hydrogens is 331 g/mol. The van der Waals surface area contributed by atoms with Gasteiger partial charge < -0.3 is 15.0 Å². The first-order valence-corrected chi connectivity index (χ1v) is 8.09. The summed E-state index contributed by atoms with van der Waals surface area (Å²) in [6.45, 7) is 0. The number of carbonyl (C=O) groups excluding carboxylic acids is 1. The third kappa shape index (κ3) is 3.42. The lowest BCUT2D eigenvalue weighted by Crippen LogP contribution is -2.11. The summed E-state index contributed by atoms with van der Waals surface area (Å²) in [4.78, 5) is 15.4. The summed E-state index contributed by atoms with van der Waals surface area (Å²) in [6.07, 6.45) is 1.88. The SMILES string of the molecule is O=C(Nc1cccc(F)c1)c1ccc(Oc2ccc3[nH]ccc3c2)cc1. The fourth-order valence-electron chi connectivity index (χ4n) is 2.67. The van der Waals surface area contributed by atoms with E-state index in [1.807, 2.05) is 30.5 Å². The van der Waals surface area contributed by atoms with Crippen molar-refractivity contribution in [3.63, 3.8) is 0 Å². The van der Waals surface area contributed by atoms with E-state index >= 15 is 0 Å². The molecule has 0 spiro atoms. The molecule has 0 bridgehead atoms. The van der Waals surface area contributed by atoms with E-state index in [1.54, 1.807) is 36.4 Å². The molecule has 26 heavy (non-hydrogen) atoms. The summed E-state index contributed by atoms with van der Waals surface area (Å²) in [6, 6.07) is 20.3. The molecule has 0 radical (unpaired) electrons. The molecule has 0 atom stereocenters. The standard InChI is InChI=1S/C21H15FN2O2/c22-16-2-1-3-17(13-16)24-21(25)14-4-6-18(7-5-14)26-19-8-9-20-15(12-19)10-11-23-20/h1-13,23H,(H,24,25). The molecule has 0 aliphatic rings. The first-order chi connectivity index (χ1) is 12.7. The molecular formula is C21H15FN2O2. The maximum atomic E-state index is 13.2. The Morgan fingerprint density at radius 3 is 2.54 bits per heavy atom. The third-order valence-corrected chi connectivity index (χ3v) is 3.96. The van der Waals surface area contributed by atoms with E-state index in [2.05, 4.69) is 10.3 Å². The van der Waals surface area contributed by atoms with Crippen LogP contribution in [0.15, 0.2) is 79.0 Å². The first-order valence-electron chi connectivity index (χ1n) is 8.09. The van der Waals surface area contributed by atoms with Crippen LogP contribution in [0.5, 0.6) is 11.5 Å². The number of rotatable bonds is 4. The van der Waals surface area contributed by atoms with Gasteiger partial charge in [-0.25, -0.2) is 4.39 Å². The lowest BCUT2D eigenvalue weighted by Gasteiger charge is -2.08. The molecule has 0 saturated carbocycles. The van der Waals surface area contributed by atoms with Gasteiger partial charge in [0.2, 0.25) is 0 Å². The van der Waals surface area contributed by atoms with Gasteiger partial charge in [0.05, 0.1) is 0 Å². The van der Waals surface area contributed by atoms with Crippen molar-refractivity contribution in [2.75, 3.05) is 5.32 Å².